The topological polar surface area (TPSA) is 0 Å². The quantitative estimate of drug-likeness (QED) is 0.127. The van der Waals surface area contributed by atoms with E-state index in [1.807, 2.05) is 0 Å². The van der Waals surface area contributed by atoms with Gasteiger partial charge in [-0.15, -0.1) is 0 Å². The lowest BCUT2D eigenvalue weighted by atomic mass is 9.91. The van der Waals surface area contributed by atoms with Gasteiger partial charge in [0.25, 0.3) is 0 Å². The minimum atomic E-state index is 1.16. The summed E-state index contributed by atoms with van der Waals surface area (Å²) in [6.07, 6.45) is 13.6. The van der Waals surface area contributed by atoms with Crippen molar-refractivity contribution < 1.29 is 0 Å². The second kappa shape index (κ2) is 16.5. The zero-order chi connectivity index (χ0) is 35.5. The molecule has 7 aromatic rings. The third-order valence-electron chi connectivity index (χ3n) is 9.51. The Hall–Kier alpha value is -6.50. The summed E-state index contributed by atoms with van der Waals surface area (Å²) in [4.78, 5) is 0. The molecule has 0 aliphatic rings. The average Bonchev–Trinajstić information content (AvgIpc) is 3.20. The van der Waals surface area contributed by atoms with Gasteiger partial charge in [-0.05, 0) is 104 Å². The molecule has 0 aliphatic heterocycles. The molecule has 0 amide bonds. The first kappa shape index (κ1) is 34.0. The monoisotopic (exact) mass is 666 g/mol. The van der Waals surface area contributed by atoms with Crippen LogP contribution in [-0.2, 0) is 0 Å². The summed E-state index contributed by atoms with van der Waals surface area (Å²) in [5.74, 6) is 0. The molecule has 0 fully saturated rings. The van der Waals surface area contributed by atoms with Crippen molar-refractivity contribution in [1.82, 2.24) is 0 Å². The van der Waals surface area contributed by atoms with Crippen LogP contribution in [0.3, 0.4) is 0 Å². The Labute approximate surface area is 309 Å². The average molecular weight is 667 g/mol. The van der Waals surface area contributed by atoms with Crippen LogP contribution in [0.4, 0.5) is 0 Å². The Balaban J connectivity index is 1.23. The fraction of sp³-hybridized carbons (Fsp3) is 0.0385. The minimum Gasteiger partial charge on any atom is -0.0622 e. The highest BCUT2D eigenvalue weighted by molar-refractivity contribution is 5.96. The van der Waals surface area contributed by atoms with Crippen molar-refractivity contribution in [1.29, 1.82) is 0 Å². The highest BCUT2D eigenvalue weighted by atomic mass is 14.1. The van der Waals surface area contributed by atoms with E-state index in [4.69, 9.17) is 0 Å². The van der Waals surface area contributed by atoms with Gasteiger partial charge in [0.1, 0.15) is 0 Å². The van der Waals surface area contributed by atoms with Gasteiger partial charge >= 0.3 is 0 Å². The lowest BCUT2D eigenvalue weighted by Gasteiger charge is -2.13. The van der Waals surface area contributed by atoms with Crippen molar-refractivity contribution in [2.75, 3.05) is 0 Å². The van der Waals surface area contributed by atoms with E-state index in [0.717, 1.165) is 11.1 Å². The SMILES string of the molecule is Cc1ccccc1/C(=C/c1ccccc1C=Cc1ccccc1C=Cc1ccccc1/C=C(\c1ccccc1)c1ccccc1C)c1ccccc1. The first-order valence-corrected chi connectivity index (χ1v) is 17.9. The van der Waals surface area contributed by atoms with Crippen LogP contribution in [0.1, 0.15) is 66.8 Å². The molecule has 0 bridgehead atoms. The van der Waals surface area contributed by atoms with Crippen LogP contribution in [0.5, 0.6) is 0 Å². The highest BCUT2D eigenvalue weighted by Crippen LogP contribution is 2.32. The van der Waals surface area contributed by atoms with E-state index in [1.54, 1.807) is 0 Å². The fourth-order valence-corrected chi connectivity index (χ4v) is 6.69. The molecular formula is C52H42. The van der Waals surface area contributed by atoms with Crippen LogP contribution in [0, 0.1) is 13.8 Å². The number of aryl methyl sites for hydroxylation is 2. The Bertz CT molecular complexity index is 2230. The van der Waals surface area contributed by atoms with Gasteiger partial charge in [0.05, 0.1) is 0 Å². The number of hydrogen-bond donors (Lipinski definition) is 0. The molecule has 7 aromatic carbocycles. The van der Waals surface area contributed by atoms with Gasteiger partial charge < -0.3 is 0 Å². The van der Waals surface area contributed by atoms with E-state index in [-0.39, 0.29) is 0 Å². The standard InChI is InChI=1S/C52H42/c1-39-19-9-17-31-49(39)51(45-25-5-3-6-26-45)37-47-29-15-13-23-43(47)35-33-41-21-11-12-22-42(41)34-36-44-24-14-16-30-48(44)38-52(46-27-7-4-8-28-46)50-32-18-10-20-40(50)2/h3-38H,1-2H3/b35-33?,36-34?,51-37+,52-38+. The van der Waals surface area contributed by atoms with E-state index in [1.165, 1.54) is 66.8 Å². The first-order chi connectivity index (χ1) is 25.6. The third kappa shape index (κ3) is 8.10. The molecule has 0 heteroatoms. The van der Waals surface area contributed by atoms with Gasteiger partial charge in [-0.2, -0.15) is 0 Å². The smallest absolute Gasteiger partial charge is 0.0103 e. The Morgan fingerprint density at radius 3 is 0.904 bits per heavy atom. The van der Waals surface area contributed by atoms with Gasteiger partial charge in [-0.1, -0.05) is 206 Å². The van der Waals surface area contributed by atoms with Crippen LogP contribution in [0.15, 0.2) is 182 Å². The molecule has 0 saturated heterocycles. The van der Waals surface area contributed by atoms with Gasteiger partial charge in [0, 0.05) is 0 Å². The molecule has 0 saturated carbocycles. The maximum atomic E-state index is 2.33. The summed E-state index contributed by atoms with van der Waals surface area (Å²) in [6, 6.07) is 64.5. The van der Waals surface area contributed by atoms with Crippen molar-refractivity contribution in [2.24, 2.45) is 0 Å². The summed E-state index contributed by atoms with van der Waals surface area (Å²) in [7, 11) is 0. The van der Waals surface area contributed by atoms with Crippen molar-refractivity contribution in [3.63, 3.8) is 0 Å². The highest BCUT2D eigenvalue weighted by Gasteiger charge is 2.11. The van der Waals surface area contributed by atoms with Crippen LogP contribution in [0.25, 0.3) is 47.6 Å². The largest absolute Gasteiger partial charge is 0.0622 e. The van der Waals surface area contributed by atoms with E-state index in [0.29, 0.717) is 0 Å². The molecule has 7 rings (SSSR count). The minimum absolute atomic E-state index is 1.16. The van der Waals surface area contributed by atoms with Crippen LogP contribution < -0.4 is 0 Å². The third-order valence-corrected chi connectivity index (χ3v) is 9.51. The van der Waals surface area contributed by atoms with Crippen LogP contribution >= 0.6 is 0 Å². The molecular weight excluding hydrogens is 625 g/mol. The summed E-state index contributed by atoms with van der Waals surface area (Å²) in [5.41, 5.74) is 16.9. The van der Waals surface area contributed by atoms with Crippen molar-refractivity contribution in [3.05, 3.63) is 249 Å². The fourth-order valence-electron chi connectivity index (χ4n) is 6.69. The van der Waals surface area contributed by atoms with Crippen molar-refractivity contribution >= 4 is 47.6 Å². The maximum Gasteiger partial charge on any atom is -0.0103 e. The Kier molecular flexibility index (Phi) is 10.8. The van der Waals surface area contributed by atoms with Crippen LogP contribution in [-0.4, -0.2) is 0 Å². The molecule has 0 atom stereocenters. The number of benzene rings is 7. The van der Waals surface area contributed by atoms with Gasteiger partial charge in [0.2, 0.25) is 0 Å². The summed E-state index contributed by atoms with van der Waals surface area (Å²) in [5, 5.41) is 0. The number of hydrogen-bond acceptors (Lipinski definition) is 0. The van der Waals surface area contributed by atoms with E-state index < -0.39 is 0 Å². The first-order valence-electron chi connectivity index (χ1n) is 17.9. The normalized spacial score (nSPS) is 12.1. The zero-order valence-electron chi connectivity index (χ0n) is 29.8. The molecule has 0 aromatic heterocycles. The van der Waals surface area contributed by atoms with Gasteiger partial charge in [-0.25, -0.2) is 0 Å². The Morgan fingerprint density at radius 1 is 0.288 bits per heavy atom. The molecule has 0 N–H and O–H groups in total. The summed E-state index contributed by atoms with van der Waals surface area (Å²) >= 11 is 0. The molecule has 0 spiro atoms. The predicted octanol–water partition coefficient (Wildman–Crippen LogP) is 13.8. The lowest BCUT2D eigenvalue weighted by Crippen LogP contribution is -1.92. The molecule has 52 heavy (non-hydrogen) atoms. The van der Waals surface area contributed by atoms with Crippen molar-refractivity contribution in [2.45, 2.75) is 13.8 Å². The summed E-state index contributed by atoms with van der Waals surface area (Å²) < 4.78 is 0. The van der Waals surface area contributed by atoms with E-state index >= 15 is 0 Å². The Morgan fingerprint density at radius 2 is 0.558 bits per heavy atom. The number of rotatable bonds is 10. The summed E-state index contributed by atoms with van der Waals surface area (Å²) in [6.45, 7) is 4.37. The molecule has 0 aliphatic carbocycles. The molecule has 0 nitrogen and oxygen atoms in total. The molecule has 0 heterocycles. The van der Waals surface area contributed by atoms with E-state index in [2.05, 4.69) is 232 Å². The molecule has 250 valence electrons. The second-order valence-corrected chi connectivity index (χ2v) is 13.0. The predicted molar refractivity (Wildman–Crippen MR) is 226 cm³/mol. The van der Waals surface area contributed by atoms with Gasteiger partial charge in [-0.3, -0.25) is 0 Å². The van der Waals surface area contributed by atoms with Crippen molar-refractivity contribution in [3.8, 4) is 0 Å². The van der Waals surface area contributed by atoms with E-state index in [9.17, 15) is 0 Å². The zero-order valence-corrected chi connectivity index (χ0v) is 29.8. The second-order valence-electron chi connectivity index (χ2n) is 13.0. The molecule has 0 radical (unpaired) electrons. The molecule has 0 unspecified atom stereocenters. The van der Waals surface area contributed by atoms with Crippen LogP contribution in [0.2, 0.25) is 0 Å². The lowest BCUT2D eigenvalue weighted by molar-refractivity contribution is 1.42. The maximum absolute atomic E-state index is 2.33. The van der Waals surface area contributed by atoms with Gasteiger partial charge in [0.15, 0.2) is 0 Å².